The lowest BCUT2D eigenvalue weighted by atomic mass is 10.2. The van der Waals surface area contributed by atoms with Crippen molar-refractivity contribution in [3.8, 4) is 5.75 Å². The van der Waals surface area contributed by atoms with Crippen molar-refractivity contribution in [2.24, 2.45) is 0 Å². The quantitative estimate of drug-likeness (QED) is 0.724. The number of likely N-dealkylation sites (N-methyl/N-ethyl adjacent to an activating group) is 2. The highest BCUT2D eigenvalue weighted by molar-refractivity contribution is 5.77. The number of amides is 1. The number of nitrogens with zero attached hydrogens (tertiary/aromatic N) is 1. The first kappa shape index (κ1) is 15.5. The van der Waals surface area contributed by atoms with Gasteiger partial charge in [-0.2, -0.15) is 0 Å². The third-order valence-corrected chi connectivity index (χ3v) is 2.87. The zero-order valence-corrected chi connectivity index (χ0v) is 11.6. The topological polar surface area (TPSA) is 61.8 Å². The van der Waals surface area contributed by atoms with Crippen LogP contribution in [0.15, 0.2) is 24.3 Å². The highest BCUT2D eigenvalue weighted by Crippen LogP contribution is 2.19. The maximum Gasteiger partial charge on any atom is 0.257 e. The second-order valence-corrected chi connectivity index (χ2v) is 4.16. The molecular weight excluding hydrogens is 244 g/mol. The number of nitrogens with one attached hydrogen (secondary N) is 1. The van der Waals surface area contributed by atoms with Crippen LogP contribution in [0.5, 0.6) is 5.75 Å². The molecule has 5 heteroatoms. The van der Waals surface area contributed by atoms with Crippen molar-refractivity contribution in [1.82, 2.24) is 10.2 Å². The summed E-state index contributed by atoms with van der Waals surface area (Å²) in [6.45, 7) is 4.37. The molecule has 0 spiro atoms. The molecule has 0 saturated heterocycles. The maximum atomic E-state index is 11.2. The Labute approximate surface area is 114 Å². The molecular formula is C14H22N2O3. The Morgan fingerprint density at radius 3 is 2.79 bits per heavy atom. The first-order valence-electron chi connectivity index (χ1n) is 6.45. The first-order chi connectivity index (χ1) is 9.21. The molecule has 0 radical (unpaired) electrons. The van der Waals surface area contributed by atoms with E-state index in [2.05, 4.69) is 10.2 Å². The molecule has 1 amide bonds. The monoisotopic (exact) mass is 266 g/mol. The number of carbonyl (C=O) groups is 1. The van der Waals surface area contributed by atoms with Crippen LogP contribution >= 0.6 is 0 Å². The largest absolute Gasteiger partial charge is 0.483 e. The molecule has 0 heterocycles. The van der Waals surface area contributed by atoms with Gasteiger partial charge in [-0.25, -0.2) is 0 Å². The number of carbonyl (C=O) groups excluding carboxylic acids is 1. The molecule has 19 heavy (non-hydrogen) atoms. The Morgan fingerprint density at radius 2 is 2.16 bits per heavy atom. The number of aliphatic hydroxyl groups excluding tert-OH is 1. The van der Waals surface area contributed by atoms with Crippen LogP contribution in [0.25, 0.3) is 0 Å². The Morgan fingerprint density at radius 1 is 1.42 bits per heavy atom. The summed E-state index contributed by atoms with van der Waals surface area (Å²) in [5.74, 6) is 0.556. The van der Waals surface area contributed by atoms with Crippen molar-refractivity contribution >= 4 is 5.91 Å². The van der Waals surface area contributed by atoms with Crippen molar-refractivity contribution in [2.45, 2.75) is 13.5 Å². The lowest BCUT2D eigenvalue weighted by Gasteiger charge is -2.20. The molecule has 1 aromatic carbocycles. The van der Waals surface area contributed by atoms with Gasteiger partial charge in [-0.1, -0.05) is 25.1 Å². The lowest BCUT2D eigenvalue weighted by molar-refractivity contribution is -0.122. The van der Waals surface area contributed by atoms with E-state index < -0.39 is 0 Å². The van der Waals surface area contributed by atoms with Gasteiger partial charge in [0.25, 0.3) is 5.91 Å². The second-order valence-electron chi connectivity index (χ2n) is 4.16. The molecule has 0 atom stereocenters. The van der Waals surface area contributed by atoms with Crippen LogP contribution in [0.1, 0.15) is 12.5 Å². The number of rotatable bonds is 8. The Bertz CT molecular complexity index is 396. The van der Waals surface area contributed by atoms with E-state index in [0.29, 0.717) is 18.8 Å². The normalized spacial score (nSPS) is 10.5. The molecule has 5 nitrogen and oxygen atoms in total. The average Bonchev–Trinajstić information content (AvgIpc) is 2.45. The van der Waals surface area contributed by atoms with Crippen molar-refractivity contribution < 1.29 is 14.6 Å². The molecule has 0 fully saturated rings. The molecule has 0 aromatic heterocycles. The van der Waals surface area contributed by atoms with Gasteiger partial charge in [0.1, 0.15) is 5.75 Å². The SMILES string of the molecule is CCN(CCO)Cc1ccccc1OCC(=O)NC. The van der Waals surface area contributed by atoms with Gasteiger partial charge in [0, 0.05) is 25.7 Å². The van der Waals surface area contributed by atoms with Gasteiger partial charge >= 0.3 is 0 Å². The number of hydrogen-bond donors (Lipinski definition) is 2. The van der Waals surface area contributed by atoms with Crippen LogP contribution in [0.3, 0.4) is 0 Å². The third-order valence-electron chi connectivity index (χ3n) is 2.87. The lowest BCUT2D eigenvalue weighted by Crippen LogP contribution is -2.27. The number of ether oxygens (including phenoxy) is 1. The van der Waals surface area contributed by atoms with E-state index in [4.69, 9.17) is 9.84 Å². The molecule has 0 aliphatic rings. The van der Waals surface area contributed by atoms with Crippen molar-refractivity contribution in [2.75, 3.05) is 33.4 Å². The molecule has 0 unspecified atom stereocenters. The summed E-state index contributed by atoms with van der Waals surface area (Å²) in [6, 6.07) is 7.64. The molecule has 1 aromatic rings. The number of benzene rings is 1. The van der Waals surface area contributed by atoms with Gasteiger partial charge in [0.15, 0.2) is 6.61 Å². The highest BCUT2D eigenvalue weighted by atomic mass is 16.5. The minimum atomic E-state index is -0.155. The summed E-state index contributed by atoms with van der Waals surface area (Å²) in [4.78, 5) is 13.3. The van der Waals surface area contributed by atoms with Gasteiger partial charge in [0.05, 0.1) is 6.61 Å². The fourth-order valence-corrected chi connectivity index (χ4v) is 1.72. The van der Waals surface area contributed by atoms with Gasteiger partial charge in [-0.05, 0) is 12.6 Å². The van der Waals surface area contributed by atoms with Crippen molar-refractivity contribution in [3.05, 3.63) is 29.8 Å². The van der Waals surface area contributed by atoms with E-state index >= 15 is 0 Å². The van der Waals surface area contributed by atoms with Crippen molar-refractivity contribution in [1.29, 1.82) is 0 Å². The van der Waals surface area contributed by atoms with Gasteiger partial charge in [0.2, 0.25) is 0 Å². The average molecular weight is 266 g/mol. The smallest absolute Gasteiger partial charge is 0.257 e. The van der Waals surface area contributed by atoms with E-state index in [1.165, 1.54) is 0 Å². The fourth-order valence-electron chi connectivity index (χ4n) is 1.72. The van der Waals surface area contributed by atoms with Crippen LogP contribution in [0.4, 0.5) is 0 Å². The van der Waals surface area contributed by atoms with Crippen LogP contribution in [0.2, 0.25) is 0 Å². The summed E-state index contributed by atoms with van der Waals surface area (Å²) >= 11 is 0. The van der Waals surface area contributed by atoms with E-state index in [-0.39, 0.29) is 19.1 Å². The van der Waals surface area contributed by atoms with Crippen LogP contribution in [-0.2, 0) is 11.3 Å². The van der Waals surface area contributed by atoms with E-state index in [1.54, 1.807) is 7.05 Å². The van der Waals surface area contributed by atoms with E-state index in [0.717, 1.165) is 12.1 Å². The minimum Gasteiger partial charge on any atom is -0.483 e. The van der Waals surface area contributed by atoms with Crippen molar-refractivity contribution in [3.63, 3.8) is 0 Å². The molecule has 0 saturated carbocycles. The summed E-state index contributed by atoms with van der Waals surface area (Å²) in [7, 11) is 1.58. The predicted octanol–water partition coefficient (Wildman–Crippen LogP) is 0.626. The Balaban J connectivity index is 2.69. The highest BCUT2D eigenvalue weighted by Gasteiger charge is 2.09. The van der Waals surface area contributed by atoms with Crippen LogP contribution in [-0.4, -0.2) is 49.3 Å². The van der Waals surface area contributed by atoms with Gasteiger partial charge in [-0.15, -0.1) is 0 Å². The summed E-state index contributed by atoms with van der Waals surface area (Å²) in [5, 5.41) is 11.5. The molecule has 0 bridgehead atoms. The zero-order valence-electron chi connectivity index (χ0n) is 11.6. The fraction of sp³-hybridized carbons (Fsp3) is 0.500. The molecule has 106 valence electrons. The number of para-hydroxylation sites is 1. The Hall–Kier alpha value is -1.59. The van der Waals surface area contributed by atoms with Crippen LogP contribution < -0.4 is 10.1 Å². The zero-order chi connectivity index (χ0) is 14.1. The summed E-state index contributed by atoms with van der Waals surface area (Å²) < 4.78 is 5.51. The first-order valence-corrected chi connectivity index (χ1v) is 6.45. The summed E-state index contributed by atoms with van der Waals surface area (Å²) in [6.07, 6.45) is 0. The number of aliphatic hydroxyl groups is 1. The molecule has 2 N–H and O–H groups in total. The third kappa shape index (κ3) is 5.28. The van der Waals surface area contributed by atoms with E-state index in [9.17, 15) is 4.79 Å². The molecule has 0 aliphatic heterocycles. The second kappa shape index (κ2) is 8.50. The maximum absolute atomic E-state index is 11.2. The van der Waals surface area contributed by atoms with E-state index in [1.807, 2.05) is 31.2 Å². The summed E-state index contributed by atoms with van der Waals surface area (Å²) in [5.41, 5.74) is 1.02. The number of hydrogen-bond acceptors (Lipinski definition) is 4. The molecule has 1 rings (SSSR count). The minimum absolute atomic E-state index is 0.0135. The standard InChI is InChI=1S/C14H22N2O3/c1-3-16(8-9-17)10-12-6-4-5-7-13(12)19-11-14(18)15-2/h4-7,17H,3,8-11H2,1-2H3,(H,15,18). The molecule has 0 aliphatic carbocycles. The predicted molar refractivity (Wildman–Crippen MR) is 74.0 cm³/mol. The van der Waals surface area contributed by atoms with Crippen LogP contribution in [0, 0.1) is 0 Å². The van der Waals surface area contributed by atoms with Gasteiger partial charge in [-0.3, -0.25) is 9.69 Å². The Kier molecular flexibility index (Phi) is 6.92. The van der Waals surface area contributed by atoms with Gasteiger partial charge < -0.3 is 15.2 Å².